The molecule has 1 aliphatic rings. The first-order valence-corrected chi connectivity index (χ1v) is 7.33. The molecule has 0 spiro atoms. The fraction of sp³-hybridized carbons (Fsp3) is 0.105. The lowest BCUT2D eigenvalue weighted by Gasteiger charge is -2.10. The molecule has 1 amide bonds. The molecule has 22 heavy (non-hydrogen) atoms. The summed E-state index contributed by atoms with van der Waals surface area (Å²) in [5.74, 6) is -0.481. The Labute approximate surface area is 127 Å². The molecule has 3 aromatic rings. The van der Waals surface area contributed by atoms with Crippen molar-refractivity contribution < 1.29 is 9.18 Å². The van der Waals surface area contributed by atoms with Gasteiger partial charge in [-0.2, -0.15) is 0 Å². The van der Waals surface area contributed by atoms with E-state index in [0.717, 1.165) is 18.2 Å². The summed E-state index contributed by atoms with van der Waals surface area (Å²) < 4.78 is 12.9. The van der Waals surface area contributed by atoms with Gasteiger partial charge in [0, 0.05) is 11.3 Å². The number of hydrogen-bond acceptors (Lipinski definition) is 1. The summed E-state index contributed by atoms with van der Waals surface area (Å²) in [4.78, 5) is 12.6. The summed E-state index contributed by atoms with van der Waals surface area (Å²) >= 11 is 0. The van der Waals surface area contributed by atoms with Crippen LogP contribution in [0.4, 0.5) is 10.1 Å². The number of rotatable bonds is 2. The van der Waals surface area contributed by atoms with Crippen molar-refractivity contribution in [3.05, 3.63) is 77.1 Å². The van der Waals surface area contributed by atoms with E-state index in [4.69, 9.17) is 0 Å². The first kappa shape index (κ1) is 13.0. The molecule has 108 valence electrons. The predicted molar refractivity (Wildman–Crippen MR) is 85.7 cm³/mol. The number of carbonyl (C=O) groups excluding carboxylic acids is 1. The van der Waals surface area contributed by atoms with Gasteiger partial charge in [-0.1, -0.05) is 24.3 Å². The number of amides is 1. The van der Waals surface area contributed by atoms with Gasteiger partial charge < -0.3 is 5.32 Å². The van der Waals surface area contributed by atoms with Crippen LogP contribution in [0.1, 0.15) is 21.5 Å². The first-order valence-electron chi connectivity index (χ1n) is 7.33. The van der Waals surface area contributed by atoms with E-state index < -0.39 is 0 Å². The van der Waals surface area contributed by atoms with Crippen LogP contribution in [0.2, 0.25) is 0 Å². The molecule has 0 unspecified atom stereocenters. The Balaban J connectivity index is 1.75. The minimum Gasteiger partial charge on any atom is -0.322 e. The number of anilines is 1. The fourth-order valence-electron chi connectivity index (χ4n) is 3.18. The van der Waals surface area contributed by atoms with Crippen LogP contribution in [0.3, 0.4) is 0 Å². The molecular weight excluding hydrogens is 277 g/mol. The Morgan fingerprint density at radius 2 is 1.64 bits per heavy atom. The Morgan fingerprint density at radius 1 is 0.909 bits per heavy atom. The van der Waals surface area contributed by atoms with Crippen LogP contribution in [0.5, 0.6) is 0 Å². The quantitative estimate of drug-likeness (QED) is 0.748. The van der Waals surface area contributed by atoms with E-state index in [0.29, 0.717) is 11.3 Å². The number of carbonyl (C=O) groups is 1. The molecule has 0 atom stereocenters. The summed E-state index contributed by atoms with van der Waals surface area (Å²) in [5.41, 5.74) is 3.87. The Kier molecular flexibility index (Phi) is 2.93. The zero-order valence-electron chi connectivity index (χ0n) is 11.9. The van der Waals surface area contributed by atoms with Crippen molar-refractivity contribution in [1.29, 1.82) is 0 Å². The molecule has 3 aromatic carbocycles. The van der Waals surface area contributed by atoms with Crippen LogP contribution >= 0.6 is 0 Å². The largest absolute Gasteiger partial charge is 0.322 e. The second-order valence-electron chi connectivity index (χ2n) is 5.57. The SMILES string of the molecule is O=C(Nc1ccc(F)cc1)c1ccc2c3c(cccc13)CC2. The summed E-state index contributed by atoms with van der Waals surface area (Å²) in [6.07, 6.45) is 2.07. The Morgan fingerprint density at radius 3 is 2.41 bits per heavy atom. The molecule has 0 heterocycles. The molecule has 0 aliphatic heterocycles. The van der Waals surface area contributed by atoms with Gasteiger partial charge in [0.15, 0.2) is 0 Å². The van der Waals surface area contributed by atoms with Gasteiger partial charge in [0.25, 0.3) is 5.91 Å². The smallest absolute Gasteiger partial charge is 0.256 e. The Hall–Kier alpha value is -2.68. The fourth-order valence-corrected chi connectivity index (χ4v) is 3.18. The standard InChI is InChI=1S/C19H14FNO/c20-14-7-9-15(10-8-14)21-19(22)17-11-6-13-5-4-12-2-1-3-16(17)18(12)13/h1-3,6-11H,4-5H2,(H,21,22). The molecule has 2 nitrogen and oxygen atoms in total. The average molecular weight is 291 g/mol. The molecule has 0 bridgehead atoms. The maximum absolute atomic E-state index is 12.9. The highest BCUT2D eigenvalue weighted by molar-refractivity contribution is 6.14. The average Bonchev–Trinajstić information content (AvgIpc) is 2.95. The molecular formula is C19H14FNO. The van der Waals surface area contributed by atoms with Gasteiger partial charge in [-0.25, -0.2) is 4.39 Å². The third-order valence-electron chi connectivity index (χ3n) is 4.22. The minimum absolute atomic E-state index is 0.165. The monoisotopic (exact) mass is 291 g/mol. The Bertz CT molecular complexity index is 874. The minimum atomic E-state index is -0.316. The molecule has 0 fully saturated rings. The summed E-state index contributed by atoms with van der Waals surface area (Å²) in [6, 6.07) is 15.8. The van der Waals surface area contributed by atoms with Crippen molar-refractivity contribution in [2.45, 2.75) is 12.8 Å². The van der Waals surface area contributed by atoms with E-state index in [1.54, 1.807) is 12.1 Å². The third kappa shape index (κ3) is 2.06. The highest BCUT2D eigenvalue weighted by Crippen LogP contribution is 2.33. The van der Waals surface area contributed by atoms with Gasteiger partial charge in [0.05, 0.1) is 0 Å². The lowest BCUT2D eigenvalue weighted by molar-refractivity contribution is 0.102. The van der Waals surface area contributed by atoms with Gasteiger partial charge >= 0.3 is 0 Å². The van der Waals surface area contributed by atoms with Crippen LogP contribution in [0, 0.1) is 5.82 Å². The van der Waals surface area contributed by atoms with Crippen LogP contribution < -0.4 is 5.32 Å². The summed E-state index contributed by atoms with van der Waals surface area (Å²) in [6.45, 7) is 0. The van der Waals surface area contributed by atoms with Crippen molar-refractivity contribution >= 4 is 22.4 Å². The zero-order valence-corrected chi connectivity index (χ0v) is 11.9. The second kappa shape index (κ2) is 4.95. The van der Waals surface area contributed by atoms with E-state index in [1.165, 1.54) is 28.6 Å². The summed E-state index contributed by atoms with van der Waals surface area (Å²) in [5, 5.41) is 5.04. The van der Waals surface area contributed by atoms with Crippen molar-refractivity contribution in [1.82, 2.24) is 0 Å². The van der Waals surface area contributed by atoms with E-state index in [9.17, 15) is 9.18 Å². The van der Waals surface area contributed by atoms with Crippen LogP contribution in [-0.2, 0) is 12.8 Å². The molecule has 0 saturated carbocycles. The number of halogens is 1. The molecule has 4 rings (SSSR count). The number of nitrogens with one attached hydrogen (secondary N) is 1. The summed E-state index contributed by atoms with van der Waals surface area (Å²) in [7, 11) is 0. The zero-order chi connectivity index (χ0) is 15.1. The molecule has 0 saturated heterocycles. The van der Waals surface area contributed by atoms with Gasteiger partial charge in [-0.15, -0.1) is 0 Å². The van der Waals surface area contributed by atoms with Crippen molar-refractivity contribution in [2.24, 2.45) is 0 Å². The van der Waals surface area contributed by atoms with E-state index in [1.807, 2.05) is 24.3 Å². The highest BCUT2D eigenvalue weighted by atomic mass is 19.1. The maximum atomic E-state index is 12.9. The molecule has 0 aromatic heterocycles. The predicted octanol–water partition coefficient (Wildman–Crippen LogP) is 4.33. The van der Waals surface area contributed by atoms with E-state index >= 15 is 0 Å². The van der Waals surface area contributed by atoms with Crippen molar-refractivity contribution in [3.63, 3.8) is 0 Å². The van der Waals surface area contributed by atoms with Gasteiger partial charge in [-0.05, 0) is 65.1 Å². The van der Waals surface area contributed by atoms with Crippen molar-refractivity contribution in [3.8, 4) is 0 Å². The van der Waals surface area contributed by atoms with Crippen molar-refractivity contribution in [2.75, 3.05) is 5.32 Å². The highest BCUT2D eigenvalue weighted by Gasteiger charge is 2.18. The first-order chi connectivity index (χ1) is 10.7. The van der Waals surface area contributed by atoms with E-state index in [2.05, 4.69) is 11.4 Å². The van der Waals surface area contributed by atoms with Crippen LogP contribution in [0.15, 0.2) is 54.6 Å². The maximum Gasteiger partial charge on any atom is 0.256 e. The molecule has 0 radical (unpaired) electrons. The number of hydrogen-bond donors (Lipinski definition) is 1. The molecule has 1 N–H and O–H groups in total. The molecule has 1 aliphatic carbocycles. The number of benzene rings is 3. The van der Waals surface area contributed by atoms with Gasteiger partial charge in [-0.3, -0.25) is 4.79 Å². The van der Waals surface area contributed by atoms with Crippen LogP contribution in [-0.4, -0.2) is 5.91 Å². The molecule has 3 heteroatoms. The number of aryl methyl sites for hydroxylation is 2. The second-order valence-corrected chi connectivity index (χ2v) is 5.57. The van der Waals surface area contributed by atoms with Gasteiger partial charge in [0.2, 0.25) is 0 Å². The van der Waals surface area contributed by atoms with Crippen LogP contribution in [0.25, 0.3) is 10.8 Å². The normalized spacial score (nSPS) is 12.6. The lowest BCUT2D eigenvalue weighted by atomic mass is 9.99. The third-order valence-corrected chi connectivity index (χ3v) is 4.22. The lowest BCUT2D eigenvalue weighted by Crippen LogP contribution is -2.12. The topological polar surface area (TPSA) is 29.1 Å². The van der Waals surface area contributed by atoms with E-state index in [-0.39, 0.29) is 11.7 Å². The van der Waals surface area contributed by atoms with Gasteiger partial charge in [0.1, 0.15) is 5.82 Å².